The van der Waals surface area contributed by atoms with E-state index >= 15 is 0 Å². The highest BCUT2D eigenvalue weighted by molar-refractivity contribution is 7.67. The molecular weight excluding hydrogens is 358 g/mol. The van der Waals surface area contributed by atoms with Gasteiger partial charge in [-0.15, -0.1) is 0 Å². The van der Waals surface area contributed by atoms with Crippen LogP contribution in [-0.4, -0.2) is 37.0 Å². The SMILES string of the molecule is CCCCCP(=O)(CCCCC)CCP(=O)(CCCCC)CCCCC. The first-order valence-corrected chi connectivity index (χ1v) is 16.1. The molecule has 4 heteroatoms. The molecule has 0 aliphatic heterocycles. The molecule has 0 radical (unpaired) electrons. The molecule has 0 N–H and O–H groups in total. The molecule has 0 aliphatic carbocycles. The fourth-order valence-corrected chi connectivity index (χ4v) is 11.1. The quantitative estimate of drug-likeness (QED) is 0.159. The molecule has 0 atom stereocenters. The van der Waals surface area contributed by atoms with E-state index < -0.39 is 14.3 Å². The van der Waals surface area contributed by atoms with Crippen molar-refractivity contribution in [2.24, 2.45) is 0 Å². The van der Waals surface area contributed by atoms with E-state index in [1.165, 1.54) is 51.4 Å². The summed E-state index contributed by atoms with van der Waals surface area (Å²) in [4.78, 5) is 0. The highest BCUT2D eigenvalue weighted by Gasteiger charge is 2.27. The monoisotopic (exact) mass is 406 g/mol. The van der Waals surface area contributed by atoms with Gasteiger partial charge < -0.3 is 9.13 Å². The lowest BCUT2D eigenvalue weighted by atomic mass is 10.3. The molecule has 158 valence electrons. The van der Waals surface area contributed by atoms with Gasteiger partial charge in [0.25, 0.3) is 0 Å². The Morgan fingerprint density at radius 3 is 0.808 bits per heavy atom. The molecule has 0 aromatic heterocycles. The molecule has 0 saturated carbocycles. The van der Waals surface area contributed by atoms with Crippen molar-refractivity contribution in [2.45, 2.75) is 105 Å². The average Bonchev–Trinajstić information content (AvgIpc) is 2.61. The number of hydrogen-bond acceptors (Lipinski definition) is 2. The first-order valence-electron chi connectivity index (χ1n) is 11.6. The predicted molar refractivity (Wildman–Crippen MR) is 123 cm³/mol. The van der Waals surface area contributed by atoms with Crippen LogP contribution in [0.2, 0.25) is 0 Å². The summed E-state index contributed by atoms with van der Waals surface area (Å²) in [6.07, 6.45) is 18.9. The third kappa shape index (κ3) is 13.6. The third-order valence-electron chi connectivity index (χ3n) is 5.59. The van der Waals surface area contributed by atoms with Crippen LogP contribution in [0.25, 0.3) is 0 Å². The molecule has 0 saturated heterocycles. The van der Waals surface area contributed by atoms with Crippen molar-refractivity contribution in [3.8, 4) is 0 Å². The molecule has 0 aromatic rings. The highest BCUT2D eigenvalue weighted by atomic mass is 31.2. The predicted octanol–water partition coefficient (Wildman–Crippen LogP) is 8.47. The van der Waals surface area contributed by atoms with Crippen LogP contribution < -0.4 is 0 Å². The summed E-state index contributed by atoms with van der Waals surface area (Å²) in [5.41, 5.74) is 0. The number of rotatable bonds is 19. The maximum atomic E-state index is 13.5. The Bertz CT molecular complexity index is 341. The average molecular weight is 407 g/mol. The van der Waals surface area contributed by atoms with Gasteiger partial charge in [0.05, 0.1) is 14.3 Å². The Balaban J connectivity index is 4.80. The van der Waals surface area contributed by atoms with E-state index in [4.69, 9.17) is 0 Å². The van der Waals surface area contributed by atoms with E-state index in [0.29, 0.717) is 0 Å². The molecule has 0 aromatic carbocycles. The molecule has 0 aliphatic rings. The second kappa shape index (κ2) is 16.4. The van der Waals surface area contributed by atoms with Crippen molar-refractivity contribution >= 4 is 14.3 Å². The molecule has 0 fully saturated rings. The van der Waals surface area contributed by atoms with Gasteiger partial charge in [0.15, 0.2) is 0 Å². The van der Waals surface area contributed by atoms with Crippen LogP contribution in [0.3, 0.4) is 0 Å². The van der Waals surface area contributed by atoms with E-state index in [-0.39, 0.29) is 0 Å². The van der Waals surface area contributed by atoms with Gasteiger partial charge in [-0.2, -0.15) is 0 Å². The Morgan fingerprint density at radius 2 is 0.615 bits per heavy atom. The van der Waals surface area contributed by atoms with E-state index in [2.05, 4.69) is 27.7 Å². The summed E-state index contributed by atoms with van der Waals surface area (Å²) in [7, 11) is -4.25. The van der Waals surface area contributed by atoms with Crippen LogP contribution in [0.1, 0.15) is 105 Å². The Kier molecular flexibility index (Phi) is 16.7. The third-order valence-corrected chi connectivity index (χ3v) is 12.5. The molecule has 0 amide bonds. The molecule has 0 unspecified atom stereocenters. The van der Waals surface area contributed by atoms with Crippen molar-refractivity contribution in [2.75, 3.05) is 37.0 Å². The number of hydrogen-bond donors (Lipinski definition) is 0. The van der Waals surface area contributed by atoms with Gasteiger partial charge in [-0.05, 0) is 25.7 Å². The van der Waals surface area contributed by atoms with Gasteiger partial charge in [0.2, 0.25) is 0 Å². The smallest absolute Gasteiger partial charge is 0.0882 e. The van der Waals surface area contributed by atoms with Gasteiger partial charge in [0, 0.05) is 37.0 Å². The van der Waals surface area contributed by atoms with Crippen LogP contribution in [0.5, 0.6) is 0 Å². The van der Waals surface area contributed by atoms with Crippen molar-refractivity contribution in [1.29, 1.82) is 0 Å². The summed E-state index contributed by atoms with van der Waals surface area (Å²) in [6.45, 7) is 8.82. The zero-order chi connectivity index (χ0) is 19.7. The van der Waals surface area contributed by atoms with E-state index in [1.54, 1.807) is 0 Å². The van der Waals surface area contributed by atoms with Gasteiger partial charge in [-0.25, -0.2) is 0 Å². The minimum atomic E-state index is -2.13. The second-order valence-corrected chi connectivity index (χ2v) is 15.2. The topological polar surface area (TPSA) is 34.1 Å². The van der Waals surface area contributed by atoms with Crippen molar-refractivity contribution in [1.82, 2.24) is 0 Å². The summed E-state index contributed by atoms with van der Waals surface area (Å²) in [5.74, 6) is 0. The van der Waals surface area contributed by atoms with Crippen LogP contribution in [0.15, 0.2) is 0 Å². The maximum Gasteiger partial charge on any atom is 0.0882 e. The Hall–Kier alpha value is 0.460. The molecule has 0 spiro atoms. The zero-order valence-electron chi connectivity index (χ0n) is 18.4. The van der Waals surface area contributed by atoms with E-state index in [9.17, 15) is 9.13 Å². The van der Waals surface area contributed by atoms with Gasteiger partial charge in [-0.1, -0.05) is 79.1 Å². The van der Waals surface area contributed by atoms with Gasteiger partial charge in [-0.3, -0.25) is 0 Å². The standard InChI is InChI=1S/C22H48O2P2/c1-5-9-13-17-25(23,18-14-10-6-2)21-22-26(24,19-15-11-7-3)20-16-12-8-4/h5-22H2,1-4H3. The van der Waals surface area contributed by atoms with Crippen molar-refractivity contribution in [3.05, 3.63) is 0 Å². The normalized spacial score (nSPS) is 12.6. The minimum absolute atomic E-state index is 0.760. The Labute approximate surface area is 165 Å². The van der Waals surface area contributed by atoms with Crippen LogP contribution in [0.4, 0.5) is 0 Å². The second-order valence-electron chi connectivity index (χ2n) is 8.29. The fourth-order valence-electron chi connectivity index (χ4n) is 3.64. The largest absolute Gasteiger partial charge is 0.324 e. The minimum Gasteiger partial charge on any atom is -0.324 e. The van der Waals surface area contributed by atoms with Crippen molar-refractivity contribution < 1.29 is 9.13 Å². The zero-order valence-corrected chi connectivity index (χ0v) is 20.2. The highest BCUT2D eigenvalue weighted by Crippen LogP contribution is 2.54. The summed E-state index contributed by atoms with van der Waals surface area (Å²) >= 11 is 0. The summed E-state index contributed by atoms with van der Waals surface area (Å²) in [6, 6.07) is 0. The number of unbranched alkanes of at least 4 members (excludes halogenated alkanes) is 8. The maximum absolute atomic E-state index is 13.5. The van der Waals surface area contributed by atoms with Crippen LogP contribution in [0, 0.1) is 0 Å². The molecule has 26 heavy (non-hydrogen) atoms. The van der Waals surface area contributed by atoms with Crippen molar-refractivity contribution in [3.63, 3.8) is 0 Å². The Morgan fingerprint density at radius 1 is 0.385 bits per heavy atom. The lowest BCUT2D eigenvalue weighted by Gasteiger charge is -2.23. The first-order chi connectivity index (χ1) is 12.4. The van der Waals surface area contributed by atoms with Gasteiger partial charge >= 0.3 is 0 Å². The molecule has 0 bridgehead atoms. The lowest BCUT2D eigenvalue weighted by molar-refractivity contribution is 0.561. The van der Waals surface area contributed by atoms with Crippen LogP contribution in [-0.2, 0) is 9.13 Å². The molecule has 0 rings (SSSR count). The fraction of sp³-hybridized carbons (Fsp3) is 1.00. The van der Waals surface area contributed by atoms with Gasteiger partial charge in [0.1, 0.15) is 0 Å². The molecule has 2 nitrogen and oxygen atoms in total. The van der Waals surface area contributed by atoms with Crippen LogP contribution >= 0.6 is 14.3 Å². The summed E-state index contributed by atoms with van der Waals surface area (Å²) < 4.78 is 27.1. The van der Waals surface area contributed by atoms with E-state index in [0.717, 1.165) is 62.7 Å². The summed E-state index contributed by atoms with van der Waals surface area (Å²) in [5, 5.41) is 0. The lowest BCUT2D eigenvalue weighted by Crippen LogP contribution is -2.09. The van der Waals surface area contributed by atoms with E-state index in [1.807, 2.05) is 0 Å². The molecule has 0 heterocycles. The molecular formula is C22H48O2P2. The first kappa shape index (κ1) is 26.5.